The minimum absolute atomic E-state index is 0.438. The van der Waals surface area contributed by atoms with E-state index >= 15 is 0 Å². The largest absolute Gasteiger partial charge is 0.507 e. The van der Waals surface area contributed by atoms with Crippen molar-refractivity contribution >= 4 is 0 Å². The maximum Gasteiger partial charge on any atom is 0.122 e. The number of allylic oxidation sites excluding steroid dienone is 1. The Morgan fingerprint density at radius 2 is 2.00 bits per heavy atom. The van der Waals surface area contributed by atoms with Crippen molar-refractivity contribution in [2.45, 2.75) is 26.7 Å². The van der Waals surface area contributed by atoms with Gasteiger partial charge in [-0.3, -0.25) is 0 Å². The Hall–Kier alpha value is -1.24. The van der Waals surface area contributed by atoms with Gasteiger partial charge in [-0.15, -0.1) is 0 Å². The third-order valence-corrected chi connectivity index (χ3v) is 2.08. The van der Waals surface area contributed by atoms with E-state index in [1.807, 2.05) is 32.0 Å². The predicted octanol–water partition coefficient (Wildman–Crippen LogP) is 3.07. The van der Waals surface area contributed by atoms with Crippen LogP contribution >= 0.6 is 0 Å². The van der Waals surface area contributed by atoms with Crippen LogP contribution in [0, 0.1) is 0 Å². The fraction of sp³-hybridized carbons (Fsp3) is 0.333. The molecule has 70 valence electrons. The highest BCUT2D eigenvalue weighted by atomic mass is 16.3. The molecule has 0 aliphatic heterocycles. The minimum Gasteiger partial charge on any atom is -0.507 e. The molecule has 1 aromatic carbocycles. The van der Waals surface area contributed by atoms with E-state index < -0.39 is 0 Å². The molecule has 0 radical (unpaired) electrons. The summed E-state index contributed by atoms with van der Waals surface area (Å²) in [5.74, 6) is 0.438. The molecule has 0 aliphatic rings. The van der Waals surface area contributed by atoms with Crippen molar-refractivity contribution in [2.75, 3.05) is 0 Å². The molecule has 1 nitrogen and oxygen atoms in total. The maximum atomic E-state index is 9.80. The highest BCUT2D eigenvalue weighted by Crippen LogP contribution is 2.24. The molecule has 1 N–H and O–H groups in total. The van der Waals surface area contributed by atoms with Gasteiger partial charge >= 0.3 is 0 Å². The Morgan fingerprint density at radius 1 is 1.38 bits per heavy atom. The van der Waals surface area contributed by atoms with Gasteiger partial charge in [-0.1, -0.05) is 37.3 Å². The van der Waals surface area contributed by atoms with Crippen LogP contribution in [0.2, 0.25) is 0 Å². The SMILES string of the molecule is C=C(C)Cc1cccc(CC)c1O. The lowest BCUT2D eigenvalue weighted by Gasteiger charge is -2.07. The van der Waals surface area contributed by atoms with E-state index in [9.17, 15) is 5.11 Å². The van der Waals surface area contributed by atoms with Crippen LogP contribution in [0.4, 0.5) is 0 Å². The molecule has 0 amide bonds. The molecule has 0 saturated heterocycles. The van der Waals surface area contributed by atoms with Gasteiger partial charge in [0.05, 0.1) is 0 Å². The molecular weight excluding hydrogens is 160 g/mol. The van der Waals surface area contributed by atoms with E-state index in [1.54, 1.807) is 0 Å². The maximum absolute atomic E-state index is 9.80. The van der Waals surface area contributed by atoms with Crippen molar-refractivity contribution in [3.8, 4) is 5.75 Å². The lowest BCUT2D eigenvalue weighted by molar-refractivity contribution is 0.463. The number of aromatic hydroxyl groups is 1. The van der Waals surface area contributed by atoms with Crippen molar-refractivity contribution in [3.05, 3.63) is 41.5 Å². The van der Waals surface area contributed by atoms with Gasteiger partial charge in [0.2, 0.25) is 0 Å². The van der Waals surface area contributed by atoms with Gasteiger partial charge in [0.25, 0.3) is 0 Å². The first-order valence-corrected chi connectivity index (χ1v) is 4.59. The first-order chi connectivity index (χ1) is 6.15. The van der Waals surface area contributed by atoms with Crippen molar-refractivity contribution in [1.82, 2.24) is 0 Å². The Morgan fingerprint density at radius 3 is 2.54 bits per heavy atom. The zero-order valence-corrected chi connectivity index (χ0v) is 8.30. The van der Waals surface area contributed by atoms with E-state index in [-0.39, 0.29) is 0 Å². The highest BCUT2D eigenvalue weighted by molar-refractivity contribution is 5.41. The monoisotopic (exact) mass is 176 g/mol. The summed E-state index contributed by atoms with van der Waals surface area (Å²) in [4.78, 5) is 0. The van der Waals surface area contributed by atoms with Crippen LogP contribution in [0.5, 0.6) is 5.75 Å². The standard InChI is InChI=1S/C12H16O/c1-4-10-6-5-7-11(12(10)13)8-9(2)3/h5-7,13H,2,4,8H2,1,3H3. The second-order valence-electron chi connectivity index (χ2n) is 3.41. The number of aryl methyl sites for hydroxylation is 1. The zero-order chi connectivity index (χ0) is 9.84. The molecule has 1 rings (SSSR count). The molecule has 0 aromatic heterocycles. The summed E-state index contributed by atoms with van der Waals surface area (Å²) < 4.78 is 0. The fourth-order valence-electron chi connectivity index (χ4n) is 1.40. The molecule has 0 spiro atoms. The lowest BCUT2D eigenvalue weighted by Crippen LogP contribution is -1.90. The van der Waals surface area contributed by atoms with Crippen LogP contribution < -0.4 is 0 Å². The van der Waals surface area contributed by atoms with Crippen LogP contribution in [0.15, 0.2) is 30.4 Å². The van der Waals surface area contributed by atoms with E-state index in [4.69, 9.17) is 0 Å². The summed E-state index contributed by atoms with van der Waals surface area (Å²) in [6.07, 6.45) is 1.63. The van der Waals surface area contributed by atoms with Gasteiger partial charge < -0.3 is 5.11 Å². The van der Waals surface area contributed by atoms with Crippen LogP contribution in [-0.2, 0) is 12.8 Å². The van der Waals surface area contributed by atoms with Gasteiger partial charge in [0.15, 0.2) is 0 Å². The number of phenolic OH excluding ortho intramolecular Hbond substituents is 1. The topological polar surface area (TPSA) is 20.2 Å². The van der Waals surface area contributed by atoms with E-state index in [0.717, 1.165) is 29.5 Å². The molecular formula is C12H16O. The summed E-state index contributed by atoms with van der Waals surface area (Å²) in [7, 11) is 0. The summed E-state index contributed by atoms with van der Waals surface area (Å²) in [5.41, 5.74) is 3.06. The van der Waals surface area contributed by atoms with Crippen molar-refractivity contribution in [1.29, 1.82) is 0 Å². The first-order valence-electron chi connectivity index (χ1n) is 4.59. The number of phenols is 1. The Bertz CT molecular complexity index is 313. The Balaban J connectivity index is 3.01. The molecule has 13 heavy (non-hydrogen) atoms. The number of benzene rings is 1. The van der Waals surface area contributed by atoms with Gasteiger partial charge in [-0.25, -0.2) is 0 Å². The molecule has 0 aliphatic carbocycles. The molecule has 0 heterocycles. The van der Waals surface area contributed by atoms with Gasteiger partial charge in [0, 0.05) is 0 Å². The first kappa shape index (κ1) is 9.85. The predicted molar refractivity (Wildman–Crippen MR) is 56.0 cm³/mol. The number of hydrogen-bond acceptors (Lipinski definition) is 1. The molecule has 0 fully saturated rings. The zero-order valence-electron chi connectivity index (χ0n) is 8.30. The van der Waals surface area contributed by atoms with E-state index in [1.165, 1.54) is 0 Å². The van der Waals surface area contributed by atoms with Crippen molar-refractivity contribution in [2.24, 2.45) is 0 Å². The average molecular weight is 176 g/mol. The smallest absolute Gasteiger partial charge is 0.122 e. The summed E-state index contributed by atoms with van der Waals surface area (Å²) >= 11 is 0. The quantitative estimate of drug-likeness (QED) is 0.702. The van der Waals surface area contributed by atoms with Crippen LogP contribution in [0.25, 0.3) is 0 Å². The average Bonchev–Trinajstić information content (AvgIpc) is 2.08. The third-order valence-electron chi connectivity index (χ3n) is 2.08. The third kappa shape index (κ3) is 2.35. The van der Waals surface area contributed by atoms with Gasteiger partial charge in [-0.2, -0.15) is 0 Å². The molecule has 1 aromatic rings. The highest BCUT2D eigenvalue weighted by Gasteiger charge is 2.04. The van der Waals surface area contributed by atoms with Crippen LogP contribution in [-0.4, -0.2) is 5.11 Å². The molecule has 0 atom stereocenters. The summed E-state index contributed by atoms with van der Waals surface area (Å²) in [5, 5.41) is 9.80. The second kappa shape index (κ2) is 4.13. The van der Waals surface area contributed by atoms with Crippen molar-refractivity contribution in [3.63, 3.8) is 0 Å². The number of para-hydroxylation sites is 1. The van der Waals surface area contributed by atoms with Gasteiger partial charge in [0.1, 0.15) is 5.75 Å². The molecule has 0 saturated carbocycles. The van der Waals surface area contributed by atoms with Crippen LogP contribution in [0.1, 0.15) is 25.0 Å². The second-order valence-corrected chi connectivity index (χ2v) is 3.41. The molecule has 0 unspecified atom stereocenters. The lowest BCUT2D eigenvalue weighted by atomic mass is 10.0. The Kier molecular flexibility index (Phi) is 3.13. The fourth-order valence-corrected chi connectivity index (χ4v) is 1.40. The summed E-state index contributed by atoms with van der Waals surface area (Å²) in [6, 6.07) is 5.89. The number of rotatable bonds is 3. The Labute approximate surface area is 79.7 Å². The van der Waals surface area contributed by atoms with E-state index in [2.05, 4.69) is 6.58 Å². The van der Waals surface area contributed by atoms with Crippen molar-refractivity contribution < 1.29 is 5.11 Å². The normalized spacial score (nSPS) is 10.0. The molecule has 0 bridgehead atoms. The minimum atomic E-state index is 0.438. The van der Waals surface area contributed by atoms with Crippen LogP contribution in [0.3, 0.4) is 0 Å². The molecule has 1 heteroatoms. The number of hydrogen-bond donors (Lipinski definition) is 1. The van der Waals surface area contributed by atoms with E-state index in [0.29, 0.717) is 5.75 Å². The summed E-state index contributed by atoms with van der Waals surface area (Å²) in [6.45, 7) is 7.85. The van der Waals surface area contributed by atoms with Gasteiger partial charge in [-0.05, 0) is 30.9 Å².